The van der Waals surface area contributed by atoms with Gasteiger partial charge < -0.3 is 15.0 Å². The molecule has 110 valence electrons. The van der Waals surface area contributed by atoms with Crippen LogP contribution in [0.4, 0.5) is 5.95 Å². The number of anilines is 1. The van der Waals surface area contributed by atoms with E-state index in [9.17, 15) is 4.79 Å². The van der Waals surface area contributed by atoms with Gasteiger partial charge in [-0.1, -0.05) is 0 Å². The lowest BCUT2D eigenvalue weighted by Crippen LogP contribution is -2.36. The van der Waals surface area contributed by atoms with Crippen molar-refractivity contribution in [1.29, 1.82) is 0 Å². The summed E-state index contributed by atoms with van der Waals surface area (Å²) in [7, 11) is 1.77. The van der Waals surface area contributed by atoms with Crippen LogP contribution in [0.15, 0.2) is 11.0 Å². The van der Waals surface area contributed by atoms with Crippen LogP contribution >= 0.6 is 11.8 Å². The first-order valence-electron chi connectivity index (χ1n) is 6.27. The summed E-state index contributed by atoms with van der Waals surface area (Å²) in [6.45, 7) is 4.28. The van der Waals surface area contributed by atoms with Crippen molar-refractivity contribution >= 4 is 28.7 Å². The Balaban J connectivity index is 2.61. The normalized spacial score (nSPS) is 12.1. The van der Waals surface area contributed by atoms with Gasteiger partial charge in [0, 0.05) is 13.6 Å². The molecule has 8 heteroatoms. The number of nitrogens with one attached hydrogen (secondary N) is 1. The van der Waals surface area contributed by atoms with Crippen molar-refractivity contribution < 1.29 is 5.11 Å². The van der Waals surface area contributed by atoms with E-state index in [4.69, 9.17) is 5.11 Å². The molecule has 0 saturated heterocycles. The van der Waals surface area contributed by atoms with E-state index in [0.29, 0.717) is 23.5 Å². The summed E-state index contributed by atoms with van der Waals surface area (Å²) in [5, 5.41) is 16.0. The number of fused-ring (bicyclic) bond motifs is 1. The zero-order chi connectivity index (χ0) is 14.9. The fourth-order valence-electron chi connectivity index (χ4n) is 1.92. The summed E-state index contributed by atoms with van der Waals surface area (Å²) in [5.41, 5.74) is 0.877. The molecule has 0 bridgehead atoms. The second-order valence-corrected chi connectivity index (χ2v) is 6.30. The number of aliphatic hydroxyl groups excluding tert-OH is 1. The molecule has 0 amide bonds. The first-order valence-corrected chi connectivity index (χ1v) is 7.50. The third-order valence-corrected chi connectivity index (χ3v) is 4.39. The Bertz CT molecular complexity index is 676. The minimum absolute atomic E-state index is 0.00515. The summed E-state index contributed by atoms with van der Waals surface area (Å²) in [4.78, 5) is 16.5. The number of hydrogen-bond donors (Lipinski definition) is 2. The van der Waals surface area contributed by atoms with Crippen LogP contribution in [-0.4, -0.2) is 43.8 Å². The van der Waals surface area contributed by atoms with Gasteiger partial charge >= 0.3 is 0 Å². The molecule has 20 heavy (non-hydrogen) atoms. The second kappa shape index (κ2) is 5.45. The van der Waals surface area contributed by atoms with Gasteiger partial charge in [0.2, 0.25) is 5.95 Å². The average molecular weight is 297 g/mol. The highest BCUT2D eigenvalue weighted by molar-refractivity contribution is 7.99. The minimum Gasteiger partial charge on any atom is -0.395 e. The number of thioether (sulfide) groups is 1. The quantitative estimate of drug-likeness (QED) is 0.840. The molecule has 0 spiro atoms. The van der Waals surface area contributed by atoms with Crippen molar-refractivity contribution in [2.45, 2.75) is 18.7 Å². The molecule has 2 rings (SSSR count). The van der Waals surface area contributed by atoms with Crippen LogP contribution in [0.25, 0.3) is 11.0 Å². The topological polar surface area (TPSA) is 85.0 Å². The minimum atomic E-state index is -0.422. The standard InChI is InChI=1S/C12H19N5O2S/c1-12(2,20-4)17-10(19)9-8(7-14-17)15-11(16(9)3)13-5-6-18/h7,18H,5-6H2,1-4H3,(H,13,15). The largest absolute Gasteiger partial charge is 0.395 e. The maximum atomic E-state index is 12.6. The molecule has 0 unspecified atom stereocenters. The molecule has 0 radical (unpaired) electrons. The molecule has 0 aliphatic rings. The Labute approximate surface area is 121 Å². The lowest BCUT2D eigenvalue weighted by Gasteiger charge is -2.23. The molecule has 0 aromatic carbocycles. The average Bonchev–Trinajstić information content (AvgIpc) is 2.74. The van der Waals surface area contributed by atoms with Gasteiger partial charge in [-0.05, 0) is 20.1 Å². The van der Waals surface area contributed by atoms with Crippen molar-refractivity contribution in [3.8, 4) is 0 Å². The fraction of sp³-hybridized carbons (Fsp3) is 0.583. The van der Waals surface area contributed by atoms with Crippen LogP contribution in [0.5, 0.6) is 0 Å². The van der Waals surface area contributed by atoms with E-state index in [-0.39, 0.29) is 12.2 Å². The highest BCUT2D eigenvalue weighted by atomic mass is 32.2. The van der Waals surface area contributed by atoms with Gasteiger partial charge in [0.05, 0.1) is 12.8 Å². The maximum Gasteiger partial charge on any atom is 0.294 e. The van der Waals surface area contributed by atoms with E-state index in [2.05, 4.69) is 15.4 Å². The van der Waals surface area contributed by atoms with E-state index in [1.165, 1.54) is 4.68 Å². The first kappa shape index (κ1) is 14.9. The molecule has 0 saturated carbocycles. The molecular formula is C12H19N5O2S. The Hall–Kier alpha value is -1.54. The summed E-state index contributed by atoms with van der Waals surface area (Å²) in [5.74, 6) is 0.549. The number of aliphatic hydroxyl groups is 1. The van der Waals surface area contributed by atoms with Crippen LogP contribution < -0.4 is 10.9 Å². The van der Waals surface area contributed by atoms with Crippen LogP contribution in [0, 0.1) is 0 Å². The third-order valence-electron chi connectivity index (χ3n) is 3.22. The van der Waals surface area contributed by atoms with Crippen molar-refractivity contribution in [3.05, 3.63) is 16.6 Å². The van der Waals surface area contributed by atoms with Crippen molar-refractivity contribution in [1.82, 2.24) is 19.3 Å². The molecule has 0 atom stereocenters. The highest BCUT2D eigenvalue weighted by Gasteiger charge is 2.24. The SMILES string of the molecule is CSC(C)(C)n1ncc2nc(NCCO)n(C)c2c1=O. The van der Waals surface area contributed by atoms with Gasteiger partial charge in [-0.15, -0.1) is 11.8 Å². The number of aryl methyl sites for hydroxylation is 1. The molecule has 2 heterocycles. The number of imidazole rings is 1. The van der Waals surface area contributed by atoms with E-state index >= 15 is 0 Å². The lowest BCUT2D eigenvalue weighted by atomic mass is 10.3. The second-order valence-electron chi connectivity index (χ2n) is 4.89. The molecule has 0 fully saturated rings. The third kappa shape index (κ3) is 2.40. The van der Waals surface area contributed by atoms with E-state index < -0.39 is 4.87 Å². The summed E-state index contributed by atoms with van der Waals surface area (Å²) < 4.78 is 3.17. The zero-order valence-electron chi connectivity index (χ0n) is 12.0. The van der Waals surface area contributed by atoms with Gasteiger partial charge in [-0.25, -0.2) is 9.67 Å². The van der Waals surface area contributed by atoms with Crippen molar-refractivity contribution in [3.63, 3.8) is 0 Å². The highest BCUT2D eigenvalue weighted by Crippen LogP contribution is 2.25. The van der Waals surface area contributed by atoms with Gasteiger partial charge in [0.15, 0.2) is 0 Å². The summed E-state index contributed by atoms with van der Waals surface area (Å²) in [6.07, 6.45) is 3.54. The Morgan fingerprint density at radius 1 is 1.50 bits per heavy atom. The summed E-state index contributed by atoms with van der Waals surface area (Å²) in [6, 6.07) is 0. The van der Waals surface area contributed by atoms with Crippen LogP contribution in [0.1, 0.15) is 13.8 Å². The smallest absolute Gasteiger partial charge is 0.294 e. The number of aromatic nitrogens is 4. The Morgan fingerprint density at radius 2 is 2.20 bits per heavy atom. The number of hydrogen-bond acceptors (Lipinski definition) is 6. The Morgan fingerprint density at radius 3 is 2.80 bits per heavy atom. The van der Waals surface area contributed by atoms with Crippen LogP contribution in [0.3, 0.4) is 0 Å². The molecule has 2 aromatic heterocycles. The molecule has 7 nitrogen and oxygen atoms in total. The van der Waals surface area contributed by atoms with Crippen LogP contribution in [-0.2, 0) is 11.9 Å². The van der Waals surface area contributed by atoms with Gasteiger partial charge in [-0.2, -0.15) is 5.10 Å². The Kier molecular flexibility index (Phi) is 4.05. The molecular weight excluding hydrogens is 278 g/mol. The zero-order valence-corrected chi connectivity index (χ0v) is 12.9. The first-order chi connectivity index (χ1) is 9.42. The predicted octanol–water partition coefficient (Wildman–Crippen LogP) is 0.590. The lowest BCUT2D eigenvalue weighted by molar-refractivity contribution is 0.310. The number of nitrogens with zero attached hydrogens (tertiary/aromatic N) is 4. The molecule has 2 aromatic rings. The van der Waals surface area contributed by atoms with E-state index in [1.54, 1.807) is 29.6 Å². The van der Waals surface area contributed by atoms with E-state index in [1.807, 2.05) is 20.1 Å². The van der Waals surface area contributed by atoms with Crippen molar-refractivity contribution in [2.24, 2.45) is 7.05 Å². The van der Waals surface area contributed by atoms with Crippen molar-refractivity contribution in [2.75, 3.05) is 24.7 Å². The number of rotatable bonds is 5. The van der Waals surface area contributed by atoms with E-state index in [0.717, 1.165) is 0 Å². The predicted molar refractivity (Wildman–Crippen MR) is 81.2 cm³/mol. The van der Waals surface area contributed by atoms with Gasteiger partial charge in [0.25, 0.3) is 5.56 Å². The maximum absolute atomic E-state index is 12.6. The molecule has 0 aliphatic carbocycles. The molecule has 0 aliphatic heterocycles. The monoisotopic (exact) mass is 297 g/mol. The fourth-order valence-corrected chi connectivity index (χ4v) is 2.23. The van der Waals surface area contributed by atoms with Gasteiger partial charge in [-0.3, -0.25) is 4.79 Å². The van der Waals surface area contributed by atoms with Gasteiger partial charge in [0.1, 0.15) is 15.9 Å². The van der Waals surface area contributed by atoms with Crippen LogP contribution in [0.2, 0.25) is 0 Å². The molecule has 2 N–H and O–H groups in total. The summed E-state index contributed by atoms with van der Waals surface area (Å²) >= 11 is 1.55.